The molecule has 2 atom stereocenters. The van der Waals surface area contributed by atoms with Crippen LogP contribution in [0.3, 0.4) is 0 Å². The van der Waals surface area contributed by atoms with E-state index in [1.807, 2.05) is 19.0 Å². The van der Waals surface area contributed by atoms with E-state index in [2.05, 4.69) is 0 Å². The molecular weight excluding hydrogens is 212 g/mol. The summed E-state index contributed by atoms with van der Waals surface area (Å²) >= 11 is 0. The van der Waals surface area contributed by atoms with Gasteiger partial charge >= 0.3 is 5.97 Å². The largest absolute Gasteiger partial charge is 0.480 e. The molecule has 0 unspecified atom stereocenters. The minimum Gasteiger partial charge on any atom is -0.480 e. The number of amides is 1. The highest BCUT2D eigenvalue weighted by Gasteiger charge is 2.38. The molecule has 1 amide bonds. The number of rotatable bonds is 4. The molecule has 1 aliphatic heterocycles. The number of carbonyl (C=O) groups excluding carboxylic acids is 1. The van der Waals surface area contributed by atoms with Gasteiger partial charge in [-0.2, -0.15) is 0 Å². The molecule has 6 heteroatoms. The molecule has 1 rings (SSSR count). The highest BCUT2D eigenvalue weighted by molar-refractivity contribution is 5.84. The van der Waals surface area contributed by atoms with Gasteiger partial charge in [-0.1, -0.05) is 0 Å². The van der Waals surface area contributed by atoms with Gasteiger partial charge in [0, 0.05) is 25.9 Å². The number of aliphatic hydroxyl groups is 1. The second-order valence-corrected chi connectivity index (χ2v) is 4.34. The van der Waals surface area contributed by atoms with E-state index in [-0.39, 0.29) is 25.3 Å². The van der Waals surface area contributed by atoms with Crippen LogP contribution in [0, 0.1) is 0 Å². The van der Waals surface area contributed by atoms with Crippen LogP contribution in [0.4, 0.5) is 0 Å². The van der Waals surface area contributed by atoms with Crippen molar-refractivity contribution in [2.24, 2.45) is 0 Å². The molecule has 0 aromatic carbocycles. The monoisotopic (exact) mass is 230 g/mol. The van der Waals surface area contributed by atoms with Crippen LogP contribution in [0.15, 0.2) is 0 Å². The Morgan fingerprint density at radius 2 is 2.06 bits per heavy atom. The molecule has 0 aromatic heterocycles. The Morgan fingerprint density at radius 3 is 2.56 bits per heavy atom. The molecule has 1 saturated heterocycles. The molecule has 0 aromatic rings. The molecule has 0 saturated carbocycles. The Bertz CT molecular complexity index is 280. The minimum absolute atomic E-state index is 0.128. The standard InChI is InChI=1S/C10H18N2O4/c1-11(2)4-3-9(14)12-6-7(13)5-8(12)10(15)16/h7-8,13H,3-6H2,1-2H3,(H,15,16)/t7-,8-/m1/s1. The fourth-order valence-corrected chi connectivity index (χ4v) is 1.79. The number of likely N-dealkylation sites (tertiary alicyclic amines) is 1. The van der Waals surface area contributed by atoms with E-state index < -0.39 is 18.1 Å². The zero-order valence-electron chi connectivity index (χ0n) is 9.59. The van der Waals surface area contributed by atoms with Crippen LogP contribution in [0.2, 0.25) is 0 Å². The van der Waals surface area contributed by atoms with Crippen molar-refractivity contribution in [1.82, 2.24) is 9.80 Å². The molecule has 2 N–H and O–H groups in total. The maximum Gasteiger partial charge on any atom is 0.326 e. The van der Waals surface area contributed by atoms with Gasteiger partial charge in [-0.15, -0.1) is 0 Å². The van der Waals surface area contributed by atoms with Crippen molar-refractivity contribution in [2.75, 3.05) is 27.2 Å². The smallest absolute Gasteiger partial charge is 0.326 e. The summed E-state index contributed by atoms with van der Waals surface area (Å²) in [6.45, 7) is 0.709. The van der Waals surface area contributed by atoms with Gasteiger partial charge in [0.2, 0.25) is 5.91 Å². The van der Waals surface area contributed by atoms with Crippen LogP contribution >= 0.6 is 0 Å². The fraction of sp³-hybridized carbons (Fsp3) is 0.800. The fourth-order valence-electron chi connectivity index (χ4n) is 1.79. The van der Waals surface area contributed by atoms with Crippen LogP contribution in [-0.2, 0) is 9.59 Å². The summed E-state index contributed by atoms with van der Waals surface area (Å²) < 4.78 is 0. The summed E-state index contributed by atoms with van der Waals surface area (Å²) in [4.78, 5) is 25.7. The summed E-state index contributed by atoms with van der Waals surface area (Å²) in [5.41, 5.74) is 0. The summed E-state index contributed by atoms with van der Waals surface area (Å²) in [5.74, 6) is -1.26. The third-order valence-corrected chi connectivity index (χ3v) is 2.66. The number of carboxylic acids is 1. The lowest BCUT2D eigenvalue weighted by molar-refractivity contribution is -0.148. The van der Waals surface area contributed by atoms with Crippen LogP contribution in [0.5, 0.6) is 0 Å². The molecular formula is C10H18N2O4. The van der Waals surface area contributed by atoms with E-state index >= 15 is 0 Å². The SMILES string of the molecule is CN(C)CCC(=O)N1C[C@H](O)C[C@@H]1C(=O)O. The van der Waals surface area contributed by atoms with Crippen LogP contribution in [0.1, 0.15) is 12.8 Å². The number of carboxylic acid groups (broad SMARTS) is 1. The highest BCUT2D eigenvalue weighted by Crippen LogP contribution is 2.19. The van der Waals surface area contributed by atoms with Crippen molar-refractivity contribution in [3.05, 3.63) is 0 Å². The summed E-state index contributed by atoms with van der Waals surface area (Å²) in [5, 5.41) is 18.3. The third-order valence-electron chi connectivity index (χ3n) is 2.66. The lowest BCUT2D eigenvalue weighted by Crippen LogP contribution is -2.41. The Hall–Kier alpha value is -1.14. The maximum atomic E-state index is 11.7. The van der Waals surface area contributed by atoms with Crippen molar-refractivity contribution >= 4 is 11.9 Å². The highest BCUT2D eigenvalue weighted by atomic mass is 16.4. The predicted octanol–water partition coefficient (Wildman–Crippen LogP) is -1.02. The van der Waals surface area contributed by atoms with Gasteiger partial charge in [0.15, 0.2) is 0 Å². The van der Waals surface area contributed by atoms with Gasteiger partial charge in [-0.3, -0.25) is 4.79 Å². The van der Waals surface area contributed by atoms with Crippen molar-refractivity contribution in [3.63, 3.8) is 0 Å². The van der Waals surface area contributed by atoms with E-state index in [1.165, 1.54) is 4.90 Å². The Morgan fingerprint density at radius 1 is 1.44 bits per heavy atom. The summed E-state index contributed by atoms with van der Waals surface area (Å²) in [6.07, 6.45) is -0.309. The zero-order chi connectivity index (χ0) is 12.3. The van der Waals surface area contributed by atoms with Crippen LogP contribution < -0.4 is 0 Å². The van der Waals surface area contributed by atoms with Crippen LogP contribution in [0.25, 0.3) is 0 Å². The molecule has 1 heterocycles. The number of hydrogen-bond donors (Lipinski definition) is 2. The normalized spacial score (nSPS) is 25.1. The number of carbonyl (C=O) groups is 2. The van der Waals surface area contributed by atoms with Gasteiger partial charge < -0.3 is 20.0 Å². The summed E-state index contributed by atoms with van der Waals surface area (Å²) in [7, 11) is 3.70. The average molecular weight is 230 g/mol. The number of nitrogens with zero attached hydrogens (tertiary/aromatic N) is 2. The first-order valence-corrected chi connectivity index (χ1v) is 5.27. The zero-order valence-corrected chi connectivity index (χ0v) is 9.59. The molecule has 16 heavy (non-hydrogen) atoms. The van der Waals surface area contributed by atoms with Crippen LogP contribution in [-0.4, -0.2) is 71.2 Å². The van der Waals surface area contributed by atoms with Gasteiger partial charge in [0.05, 0.1) is 6.10 Å². The molecule has 1 fully saturated rings. The van der Waals surface area contributed by atoms with Gasteiger partial charge in [0.1, 0.15) is 6.04 Å². The number of aliphatic carboxylic acids is 1. The first-order chi connectivity index (χ1) is 7.41. The molecule has 0 spiro atoms. The lowest BCUT2D eigenvalue weighted by atomic mass is 10.2. The second kappa shape index (κ2) is 5.27. The van der Waals surface area contributed by atoms with Gasteiger partial charge in [-0.05, 0) is 14.1 Å². The first kappa shape index (κ1) is 12.9. The number of aliphatic hydroxyl groups excluding tert-OH is 1. The quantitative estimate of drug-likeness (QED) is 0.646. The van der Waals surface area contributed by atoms with E-state index in [1.54, 1.807) is 0 Å². The molecule has 1 aliphatic rings. The predicted molar refractivity (Wildman–Crippen MR) is 56.9 cm³/mol. The molecule has 92 valence electrons. The molecule has 0 aliphatic carbocycles. The Kier molecular flexibility index (Phi) is 4.26. The summed E-state index contributed by atoms with van der Waals surface area (Å²) in [6, 6.07) is -0.871. The number of hydrogen-bond acceptors (Lipinski definition) is 4. The minimum atomic E-state index is -1.05. The van der Waals surface area contributed by atoms with Gasteiger partial charge in [-0.25, -0.2) is 4.79 Å². The van der Waals surface area contributed by atoms with Crippen molar-refractivity contribution < 1.29 is 19.8 Å². The topological polar surface area (TPSA) is 81.1 Å². The van der Waals surface area contributed by atoms with E-state index in [0.29, 0.717) is 6.54 Å². The first-order valence-electron chi connectivity index (χ1n) is 5.27. The van der Waals surface area contributed by atoms with E-state index in [4.69, 9.17) is 5.11 Å². The Balaban J connectivity index is 2.56. The van der Waals surface area contributed by atoms with Crippen molar-refractivity contribution in [2.45, 2.75) is 25.0 Å². The Labute approximate surface area is 94.4 Å². The molecule has 0 radical (unpaired) electrons. The third kappa shape index (κ3) is 3.18. The van der Waals surface area contributed by atoms with E-state index in [0.717, 1.165) is 0 Å². The average Bonchev–Trinajstić information content (AvgIpc) is 2.56. The van der Waals surface area contributed by atoms with Gasteiger partial charge in [0.25, 0.3) is 0 Å². The molecule has 0 bridgehead atoms. The maximum absolute atomic E-state index is 11.7. The van der Waals surface area contributed by atoms with Crippen molar-refractivity contribution in [1.29, 1.82) is 0 Å². The lowest BCUT2D eigenvalue weighted by Gasteiger charge is -2.21. The number of β-amino-alcohol motifs (C(OH)–C–C–N with tert-alkyl or cyclic N) is 1. The second-order valence-electron chi connectivity index (χ2n) is 4.34. The van der Waals surface area contributed by atoms with Crippen molar-refractivity contribution in [3.8, 4) is 0 Å². The van der Waals surface area contributed by atoms with E-state index in [9.17, 15) is 14.7 Å². The molecule has 6 nitrogen and oxygen atoms in total.